The largest absolute Gasteiger partial charge is 0.330 e. The van der Waals surface area contributed by atoms with Gasteiger partial charge in [-0.15, -0.1) is 0 Å². The van der Waals surface area contributed by atoms with Crippen molar-refractivity contribution in [2.75, 3.05) is 6.54 Å². The van der Waals surface area contributed by atoms with E-state index in [1.807, 2.05) is 31.2 Å². The first-order valence-corrected chi connectivity index (χ1v) is 6.70. The Morgan fingerprint density at radius 3 is 2.78 bits per heavy atom. The summed E-state index contributed by atoms with van der Waals surface area (Å²) in [6.45, 7) is 2.51. The van der Waals surface area contributed by atoms with E-state index < -0.39 is 0 Å². The van der Waals surface area contributed by atoms with Gasteiger partial charge >= 0.3 is 0 Å². The van der Waals surface area contributed by atoms with Crippen molar-refractivity contribution < 1.29 is 0 Å². The molecule has 0 aliphatic rings. The molecule has 3 N–H and O–H groups in total. The number of aromatic amines is 1. The van der Waals surface area contributed by atoms with E-state index in [-0.39, 0.29) is 5.56 Å². The molecule has 0 spiro atoms. The molecule has 1 heterocycles. The molecule has 1 aromatic carbocycles. The van der Waals surface area contributed by atoms with Crippen LogP contribution in [0.15, 0.2) is 33.5 Å². The highest BCUT2D eigenvalue weighted by Crippen LogP contribution is 2.19. The summed E-state index contributed by atoms with van der Waals surface area (Å²) >= 11 is 3.45. The number of hydrogen-bond donors (Lipinski definition) is 2. The summed E-state index contributed by atoms with van der Waals surface area (Å²) in [5.41, 5.74) is 8.05. The van der Waals surface area contributed by atoms with Crippen LogP contribution in [0.25, 0.3) is 5.69 Å². The smallest absolute Gasteiger partial charge is 0.274 e. The molecule has 2 aromatic rings. The average Bonchev–Trinajstić information content (AvgIpc) is 2.63. The van der Waals surface area contributed by atoms with Crippen LogP contribution in [0.1, 0.15) is 17.7 Å². The number of nitrogens with two attached hydrogens (primary N) is 1. The number of halogens is 1. The van der Waals surface area contributed by atoms with E-state index in [0.29, 0.717) is 6.54 Å². The molecule has 4 nitrogen and oxygen atoms in total. The van der Waals surface area contributed by atoms with Crippen LogP contribution in [0.3, 0.4) is 0 Å². The number of rotatable bonds is 4. The van der Waals surface area contributed by atoms with Crippen molar-refractivity contribution in [1.82, 2.24) is 9.78 Å². The van der Waals surface area contributed by atoms with Gasteiger partial charge in [0.15, 0.2) is 0 Å². The fourth-order valence-corrected chi connectivity index (χ4v) is 2.42. The van der Waals surface area contributed by atoms with Crippen molar-refractivity contribution >= 4 is 15.9 Å². The Morgan fingerprint density at radius 1 is 1.39 bits per heavy atom. The highest BCUT2D eigenvalue weighted by molar-refractivity contribution is 9.10. The lowest BCUT2D eigenvalue weighted by molar-refractivity contribution is 0.815. The average molecular weight is 310 g/mol. The quantitative estimate of drug-likeness (QED) is 0.908. The maximum atomic E-state index is 12.3. The topological polar surface area (TPSA) is 63.8 Å². The molecule has 0 aliphatic carbocycles. The summed E-state index contributed by atoms with van der Waals surface area (Å²) in [6.07, 6.45) is 1.54. The van der Waals surface area contributed by atoms with Gasteiger partial charge < -0.3 is 5.73 Å². The van der Waals surface area contributed by atoms with Gasteiger partial charge in [-0.2, -0.15) is 0 Å². The minimum atomic E-state index is 0.00727. The third-order valence-corrected chi connectivity index (χ3v) is 3.59. The predicted octanol–water partition coefficient (Wildman–Crippen LogP) is 2.13. The third-order valence-electron chi connectivity index (χ3n) is 2.92. The van der Waals surface area contributed by atoms with E-state index in [4.69, 9.17) is 5.73 Å². The second-order valence-electron chi connectivity index (χ2n) is 4.20. The van der Waals surface area contributed by atoms with Crippen molar-refractivity contribution in [3.8, 4) is 5.69 Å². The lowest BCUT2D eigenvalue weighted by Crippen LogP contribution is -2.18. The molecule has 0 amide bonds. The zero-order valence-corrected chi connectivity index (χ0v) is 11.8. The number of aryl methyl sites for hydroxylation is 1. The molecule has 2 rings (SSSR count). The van der Waals surface area contributed by atoms with Gasteiger partial charge in [0.2, 0.25) is 0 Å². The summed E-state index contributed by atoms with van der Waals surface area (Å²) in [6, 6.07) is 7.64. The van der Waals surface area contributed by atoms with Gasteiger partial charge in [0, 0.05) is 15.7 Å². The van der Waals surface area contributed by atoms with E-state index in [1.54, 1.807) is 4.68 Å². The molecule has 0 unspecified atom stereocenters. The Balaban J connectivity index is 2.48. The van der Waals surface area contributed by atoms with Crippen molar-refractivity contribution in [2.45, 2.75) is 19.8 Å². The summed E-state index contributed by atoms with van der Waals surface area (Å²) in [5.74, 6) is 0. The van der Waals surface area contributed by atoms with Crippen LogP contribution in [-0.2, 0) is 6.42 Å². The third kappa shape index (κ3) is 2.42. The number of para-hydroxylation sites is 1. The van der Waals surface area contributed by atoms with Gasteiger partial charge in [0.05, 0.1) is 5.69 Å². The van der Waals surface area contributed by atoms with Gasteiger partial charge in [-0.05, 0) is 54.4 Å². The zero-order chi connectivity index (χ0) is 13.1. The molecule has 0 aliphatic heterocycles. The standard InChI is InChI=1S/C13H16BrN3O/c1-9-10(5-4-8-15)13(18)17(16-9)12-7-3-2-6-11(12)14/h2-3,6-7,16H,4-5,8,15H2,1H3. The maximum Gasteiger partial charge on any atom is 0.274 e. The van der Waals surface area contributed by atoms with Crippen LogP contribution in [0, 0.1) is 6.92 Å². The fourth-order valence-electron chi connectivity index (χ4n) is 1.96. The van der Waals surface area contributed by atoms with Crippen LogP contribution >= 0.6 is 15.9 Å². The molecule has 18 heavy (non-hydrogen) atoms. The molecule has 1 aromatic heterocycles. The number of nitrogens with zero attached hydrogens (tertiary/aromatic N) is 1. The Labute approximate surface area is 114 Å². The second kappa shape index (κ2) is 5.54. The van der Waals surface area contributed by atoms with Crippen LogP contribution < -0.4 is 11.3 Å². The second-order valence-corrected chi connectivity index (χ2v) is 5.05. The molecule has 96 valence electrons. The molecule has 0 atom stereocenters. The van der Waals surface area contributed by atoms with Crippen LogP contribution in [0.5, 0.6) is 0 Å². The van der Waals surface area contributed by atoms with E-state index >= 15 is 0 Å². The molecular weight excluding hydrogens is 294 g/mol. The number of hydrogen-bond acceptors (Lipinski definition) is 2. The van der Waals surface area contributed by atoms with Gasteiger partial charge in [0.1, 0.15) is 0 Å². The minimum absolute atomic E-state index is 0.00727. The van der Waals surface area contributed by atoms with Gasteiger partial charge in [0.25, 0.3) is 5.56 Å². The monoisotopic (exact) mass is 309 g/mol. The van der Waals surface area contributed by atoms with E-state index in [2.05, 4.69) is 21.0 Å². The maximum absolute atomic E-state index is 12.3. The first-order valence-electron chi connectivity index (χ1n) is 5.90. The Morgan fingerprint density at radius 2 is 2.11 bits per heavy atom. The SMILES string of the molecule is Cc1[nH]n(-c2ccccc2Br)c(=O)c1CCCN. The molecular formula is C13H16BrN3O. The van der Waals surface area contributed by atoms with Crippen molar-refractivity contribution in [3.05, 3.63) is 50.3 Å². The van der Waals surface area contributed by atoms with Gasteiger partial charge in [-0.3, -0.25) is 9.89 Å². The van der Waals surface area contributed by atoms with E-state index in [1.165, 1.54) is 0 Å². The van der Waals surface area contributed by atoms with Crippen LogP contribution in [0.2, 0.25) is 0 Å². The molecule has 0 radical (unpaired) electrons. The summed E-state index contributed by atoms with van der Waals surface area (Å²) in [5, 5.41) is 3.11. The summed E-state index contributed by atoms with van der Waals surface area (Å²) in [7, 11) is 0. The molecule has 0 saturated carbocycles. The fraction of sp³-hybridized carbons (Fsp3) is 0.308. The van der Waals surface area contributed by atoms with Crippen molar-refractivity contribution in [2.24, 2.45) is 5.73 Å². The number of nitrogens with one attached hydrogen (secondary N) is 1. The Kier molecular flexibility index (Phi) is 4.04. The number of H-pyrrole nitrogens is 1. The molecule has 0 bridgehead atoms. The highest BCUT2D eigenvalue weighted by Gasteiger charge is 2.13. The number of benzene rings is 1. The van der Waals surface area contributed by atoms with Crippen LogP contribution in [0.4, 0.5) is 0 Å². The van der Waals surface area contributed by atoms with Crippen molar-refractivity contribution in [1.29, 1.82) is 0 Å². The highest BCUT2D eigenvalue weighted by atomic mass is 79.9. The Bertz CT molecular complexity index is 601. The van der Waals surface area contributed by atoms with E-state index in [0.717, 1.165) is 34.3 Å². The van der Waals surface area contributed by atoms with Gasteiger partial charge in [-0.1, -0.05) is 12.1 Å². The lowest BCUT2D eigenvalue weighted by Gasteiger charge is -2.03. The zero-order valence-electron chi connectivity index (χ0n) is 10.2. The predicted molar refractivity (Wildman–Crippen MR) is 76.2 cm³/mol. The minimum Gasteiger partial charge on any atom is -0.330 e. The van der Waals surface area contributed by atoms with E-state index in [9.17, 15) is 4.79 Å². The summed E-state index contributed by atoms with van der Waals surface area (Å²) < 4.78 is 2.46. The molecule has 0 saturated heterocycles. The first-order chi connectivity index (χ1) is 8.65. The molecule has 5 heteroatoms. The first kappa shape index (κ1) is 13.1. The van der Waals surface area contributed by atoms with Crippen molar-refractivity contribution in [3.63, 3.8) is 0 Å². The van der Waals surface area contributed by atoms with Crippen LogP contribution in [-0.4, -0.2) is 16.3 Å². The molecule has 0 fully saturated rings. The number of aromatic nitrogens is 2. The normalized spacial score (nSPS) is 10.8. The summed E-state index contributed by atoms with van der Waals surface area (Å²) in [4.78, 5) is 12.3. The Hall–Kier alpha value is -1.33. The lowest BCUT2D eigenvalue weighted by atomic mass is 10.1. The van der Waals surface area contributed by atoms with Gasteiger partial charge in [-0.25, -0.2) is 4.68 Å².